The number of nitro groups is 1. The number of nitrogens with one attached hydrogen (secondary N) is 2. The number of aromatic amines is 1. The molecule has 10 nitrogen and oxygen atoms in total. The molecule has 2 N–H and O–H groups in total. The lowest BCUT2D eigenvalue weighted by molar-refractivity contribution is -0.384. The minimum absolute atomic E-state index is 0.0521. The highest BCUT2D eigenvalue weighted by atomic mass is 16.6. The fraction of sp³-hybridized carbons (Fsp3) is 0.158. The summed E-state index contributed by atoms with van der Waals surface area (Å²) in [5, 5.41) is 21.2. The molecule has 0 saturated carbocycles. The molecule has 0 bridgehead atoms. The van der Waals surface area contributed by atoms with Crippen LogP contribution in [0.15, 0.2) is 36.4 Å². The molecule has 0 fully saturated rings. The van der Waals surface area contributed by atoms with Crippen molar-refractivity contribution in [1.29, 1.82) is 0 Å². The smallest absolute Gasteiger partial charge is 0.364 e. The number of hydrogen-bond acceptors (Lipinski definition) is 8. The Balaban J connectivity index is 2.09. The van der Waals surface area contributed by atoms with Crippen LogP contribution in [0.1, 0.15) is 34.5 Å². The number of esters is 1. The maximum atomic E-state index is 12.3. The van der Waals surface area contributed by atoms with Crippen molar-refractivity contribution in [3.8, 4) is 0 Å². The standard InChI is InChI=1S/C19H18N6O4/c1-3-29-19(26)16-17(25(27)28)18(22-15-11-12(2)23-24-15)21-14(20-16)10-9-13-7-5-4-6-8-13/h4-11H,3H2,1-2H3,(H2,20,21,22,23,24)/b10-9+. The van der Waals surface area contributed by atoms with Crippen molar-refractivity contribution in [2.45, 2.75) is 13.8 Å². The van der Waals surface area contributed by atoms with Crippen molar-refractivity contribution < 1.29 is 14.5 Å². The molecule has 0 unspecified atom stereocenters. The lowest BCUT2D eigenvalue weighted by Crippen LogP contribution is -2.14. The van der Waals surface area contributed by atoms with Gasteiger partial charge in [0.15, 0.2) is 11.6 Å². The molecule has 0 spiro atoms. The summed E-state index contributed by atoms with van der Waals surface area (Å²) in [5.41, 5.74) is 0.610. The van der Waals surface area contributed by atoms with E-state index in [9.17, 15) is 14.9 Å². The summed E-state index contributed by atoms with van der Waals surface area (Å²) in [4.78, 5) is 31.5. The molecule has 29 heavy (non-hydrogen) atoms. The second kappa shape index (κ2) is 8.74. The van der Waals surface area contributed by atoms with Gasteiger partial charge in [0.05, 0.1) is 11.5 Å². The van der Waals surface area contributed by atoms with Crippen molar-refractivity contribution in [2.75, 3.05) is 11.9 Å². The van der Waals surface area contributed by atoms with Gasteiger partial charge in [0.1, 0.15) is 0 Å². The molecule has 0 amide bonds. The maximum Gasteiger partial charge on any atom is 0.364 e. The van der Waals surface area contributed by atoms with Crippen LogP contribution in [0.2, 0.25) is 0 Å². The average molecular weight is 394 g/mol. The first-order chi connectivity index (χ1) is 14.0. The molecule has 3 aromatic rings. The highest BCUT2D eigenvalue weighted by Gasteiger charge is 2.30. The number of nitrogens with zero attached hydrogens (tertiary/aromatic N) is 4. The normalized spacial score (nSPS) is 10.8. The third kappa shape index (κ3) is 4.80. The van der Waals surface area contributed by atoms with Gasteiger partial charge in [0.2, 0.25) is 11.5 Å². The van der Waals surface area contributed by atoms with Crippen molar-refractivity contribution in [2.24, 2.45) is 0 Å². The largest absolute Gasteiger partial charge is 0.461 e. The van der Waals surface area contributed by atoms with E-state index in [4.69, 9.17) is 4.74 Å². The first-order valence-corrected chi connectivity index (χ1v) is 8.73. The van der Waals surface area contributed by atoms with Gasteiger partial charge >= 0.3 is 11.7 Å². The molecule has 3 rings (SSSR count). The van der Waals surface area contributed by atoms with Crippen LogP contribution < -0.4 is 5.32 Å². The number of ether oxygens (including phenoxy) is 1. The van der Waals surface area contributed by atoms with Gasteiger partial charge in [0.25, 0.3) is 0 Å². The van der Waals surface area contributed by atoms with Gasteiger partial charge in [-0.25, -0.2) is 14.8 Å². The van der Waals surface area contributed by atoms with Gasteiger partial charge in [0, 0.05) is 11.8 Å². The molecule has 0 aliphatic carbocycles. The quantitative estimate of drug-likeness (QED) is 0.353. The molecular formula is C19H18N6O4. The van der Waals surface area contributed by atoms with Gasteiger partial charge in [-0.1, -0.05) is 36.4 Å². The summed E-state index contributed by atoms with van der Waals surface area (Å²) in [6.07, 6.45) is 3.29. The van der Waals surface area contributed by atoms with Crippen LogP contribution >= 0.6 is 0 Å². The molecular weight excluding hydrogens is 376 g/mol. The van der Waals surface area contributed by atoms with E-state index in [0.29, 0.717) is 5.82 Å². The van der Waals surface area contributed by atoms with Crippen LogP contribution in [0.5, 0.6) is 0 Å². The van der Waals surface area contributed by atoms with Crippen LogP contribution in [0.25, 0.3) is 12.2 Å². The number of H-pyrrole nitrogens is 1. The molecule has 2 heterocycles. The Morgan fingerprint density at radius 2 is 2.03 bits per heavy atom. The second-order valence-corrected chi connectivity index (χ2v) is 5.91. The van der Waals surface area contributed by atoms with Crippen molar-refractivity contribution >= 4 is 35.4 Å². The molecule has 1 aromatic carbocycles. The summed E-state index contributed by atoms with van der Waals surface area (Å²) in [6, 6.07) is 11.0. The van der Waals surface area contributed by atoms with Gasteiger partial charge in [-0.3, -0.25) is 15.2 Å². The third-order valence-corrected chi connectivity index (χ3v) is 3.73. The van der Waals surface area contributed by atoms with Gasteiger partial charge in [-0.2, -0.15) is 5.10 Å². The highest BCUT2D eigenvalue weighted by molar-refractivity contribution is 5.94. The van der Waals surface area contributed by atoms with Gasteiger partial charge < -0.3 is 10.1 Å². The van der Waals surface area contributed by atoms with Crippen LogP contribution in [-0.2, 0) is 4.74 Å². The molecule has 10 heteroatoms. The van der Waals surface area contributed by atoms with E-state index in [-0.39, 0.29) is 18.2 Å². The summed E-state index contributed by atoms with van der Waals surface area (Å²) < 4.78 is 4.94. The number of aromatic nitrogens is 4. The van der Waals surface area contributed by atoms with E-state index in [0.717, 1.165) is 11.3 Å². The van der Waals surface area contributed by atoms with Crippen molar-refractivity contribution in [3.05, 3.63) is 69.3 Å². The predicted octanol–water partition coefficient (Wildman–Crippen LogP) is 3.51. The van der Waals surface area contributed by atoms with Crippen LogP contribution in [-0.4, -0.2) is 37.7 Å². The second-order valence-electron chi connectivity index (χ2n) is 5.91. The van der Waals surface area contributed by atoms with Crippen molar-refractivity contribution in [1.82, 2.24) is 20.2 Å². The summed E-state index contributed by atoms with van der Waals surface area (Å²) >= 11 is 0. The number of aryl methyl sites for hydroxylation is 1. The lowest BCUT2D eigenvalue weighted by atomic mass is 10.2. The average Bonchev–Trinajstić information content (AvgIpc) is 3.11. The first kappa shape index (κ1) is 19.7. The molecule has 148 valence electrons. The number of anilines is 2. The Bertz CT molecular complexity index is 1060. The minimum Gasteiger partial charge on any atom is -0.461 e. The molecule has 0 radical (unpaired) electrons. The van der Waals surface area contributed by atoms with E-state index >= 15 is 0 Å². The van der Waals surface area contributed by atoms with Crippen LogP contribution in [0.4, 0.5) is 17.3 Å². The Hall–Kier alpha value is -4.08. The lowest BCUT2D eigenvalue weighted by Gasteiger charge is -2.08. The molecule has 0 saturated heterocycles. The predicted molar refractivity (Wildman–Crippen MR) is 107 cm³/mol. The zero-order valence-electron chi connectivity index (χ0n) is 15.7. The topological polar surface area (TPSA) is 136 Å². The van der Waals surface area contributed by atoms with E-state index < -0.39 is 22.3 Å². The first-order valence-electron chi connectivity index (χ1n) is 8.73. The Morgan fingerprint density at radius 3 is 2.66 bits per heavy atom. The van der Waals surface area contributed by atoms with Crippen LogP contribution in [0, 0.1) is 17.0 Å². The minimum atomic E-state index is -0.905. The van der Waals surface area contributed by atoms with Crippen LogP contribution in [0.3, 0.4) is 0 Å². The van der Waals surface area contributed by atoms with E-state index in [1.807, 2.05) is 30.3 Å². The Morgan fingerprint density at radius 1 is 1.28 bits per heavy atom. The zero-order valence-corrected chi connectivity index (χ0v) is 15.7. The number of rotatable bonds is 7. The number of carbonyl (C=O) groups excluding carboxylic acids is 1. The monoisotopic (exact) mass is 394 g/mol. The van der Waals surface area contributed by atoms with Gasteiger partial charge in [-0.15, -0.1) is 0 Å². The molecule has 0 aliphatic heterocycles. The SMILES string of the molecule is CCOC(=O)c1nc(/C=C/c2ccccc2)nc(Nc2cc(C)[nH]n2)c1[N+](=O)[O-]. The Kier molecular flexibility index (Phi) is 5.93. The van der Waals surface area contributed by atoms with Crippen molar-refractivity contribution in [3.63, 3.8) is 0 Å². The van der Waals surface area contributed by atoms with E-state index in [2.05, 4.69) is 25.5 Å². The zero-order chi connectivity index (χ0) is 20.8. The Labute approximate surface area is 165 Å². The van der Waals surface area contributed by atoms with E-state index in [1.54, 1.807) is 32.1 Å². The number of hydrogen-bond donors (Lipinski definition) is 2. The maximum absolute atomic E-state index is 12.3. The summed E-state index contributed by atoms with van der Waals surface area (Å²) in [6.45, 7) is 3.44. The third-order valence-electron chi connectivity index (χ3n) is 3.73. The number of benzene rings is 1. The summed E-state index contributed by atoms with van der Waals surface area (Å²) in [7, 11) is 0. The number of carbonyl (C=O) groups is 1. The molecule has 0 atom stereocenters. The summed E-state index contributed by atoms with van der Waals surface area (Å²) in [5.74, 6) is -0.640. The van der Waals surface area contributed by atoms with Gasteiger partial charge in [-0.05, 0) is 25.5 Å². The fourth-order valence-corrected chi connectivity index (χ4v) is 2.49. The molecule has 0 aliphatic rings. The molecule has 2 aromatic heterocycles. The highest BCUT2D eigenvalue weighted by Crippen LogP contribution is 2.29. The van der Waals surface area contributed by atoms with E-state index in [1.165, 1.54) is 0 Å². The fourth-order valence-electron chi connectivity index (χ4n) is 2.49.